The van der Waals surface area contributed by atoms with Crippen LogP contribution < -0.4 is 11.3 Å². The summed E-state index contributed by atoms with van der Waals surface area (Å²) < 4.78 is 5.01. The first-order valence-electron chi connectivity index (χ1n) is 4.41. The largest absolute Gasteiger partial charge is 0.472 e. The predicted molar refractivity (Wildman–Crippen MR) is 56.8 cm³/mol. The molecule has 2 heterocycles. The summed E-state index contributed by atoms with van der Waals surface area (Å²) in [6.07, 6.45) is 4.28. The number of thiophene rings is 1. The van der Waals surface area contributed by atoms with Crippen LogP contribution in [-0.4, -0.2) is 0 Å². The van der Waals surface area contributed by atoms with E-state index in [0.717, 1.165) is 12.0 Å². The van der Waals surface area contributed by atoms with Crippen LogP contribution in [0.4, 0.5) is 0 Å². The molecule has 2 rings (SSSR count). The zero-order chi connectivity index (χ0) is 9.80. The molecule has 0 aliphatic rings. The average Bonchev–Trinajstić information content (AvgIpc) is 2.86. The number of hydrazine groups is 1. The number of rotatable bonds is 4. The van der Waals surface area contributed by atoms with Gasteiger partial charge in [-0.1, -0.05) is 6.07 Å². The van der Waals surface area contributed by atoms with Crippen LogP contribution in [0.25, 0.3) is 0 Å². The molecule has 1 unspecified atom stereocenters. The van der Waals surface area contributed by atoms with Crippen molar-refractivity contribution in [2.45, 2.75) is 12.5 Å². The Morgan fingerprint density at radius 3 is 3.00 bits per heavy atom. The van der Waals surface area contributed by atoms with Crippen LogP contribution >= 0.6 is 11.3 Å². The van der Waals surface area contributed by atoms with Crippen molar-refractivity contribution in [1.29, 1.82) is 0 Å². The van der Waals surface area contributed by atoms with Gasteiger partial charge in [0.2, 0.25) is 0 Å². The van der Waals surface area contributed by atoms with Gasteiger partial charge in [0.25, 0.3) is 0 Å². The number of nitrogens with two attached hydrogens (primary N) is 1. The van der Waals surface area contributed by atoms with Gasteiger partial charge < -0.3 is 4.42 Å². The van der Waals surface area contributed by atoms with E-state index in [1.54, 1.807) is 23.9 Å². The third kappa shape index (κ3) is 2.04. The summed E-state index contributed by atoms with van der Waals surface area (Å²) in [6.45, 7) is 0. The van der Waals surface area contributed by atoms with Gasteiger partial charge in [-0.2, -0.15) is 0 Å². The molecule has 0 aliphatic heterocycles. The highest BCUT2D eigenvalue weighted by atomic mass is 32.1. The van der Waals surface area contributed by atoms with Gasteiger partial charge in [0, 0.05) is 4.88 Å². The molecule has 0 fully saturated rings. The number of hydrogen-bond donors (Lipinski definition) is 2. The van der Waals surface area contributed by atoms with Crippen molar-refractivity contribution in [3.8, 4) is 0 Å². The quantitative estimate of drug-likeness (QED) is 0.597. The van der Waals surface area contributed by atoms with Crippen LogP contribution in [0.5, 0.6) is 0 Å². The summed E-state index contributed by atoms with van der Waals surface area (Å²) >= 11 is 1.70. The lowest BCUT2D eigenvalue weighted by Crippen LogP contribution is -2.28. The normalized spacial score (nSPS) is 12.9. The smallest absolute Gasteiger partial charge is 0.0935 e. The Morgan fingerprint density at radius 2 is 2.43 bits per heavy atom. The first-order valence-corrected chi connectivity index (χ1v) is 5.28. The van der Waals surface area contributed by atoms with Crippen molar-refractivity contribution >= 4 is 11.3 Å². The monoisotopic (exact) mass is 208 g/mol. The number of nitrogens with one attached hydrogen (secondary N) is 1. The van der Waals surface area contributed by atoms with E-state index in [2.05, 4.69) is 16.9 Å². The van der Waals surface area contributed by atoms with Gasteiger partial charge in [0.05, 0.1) is 18.6 Å². The molecule has 0 saturated carbocycles. The maximum Gasteiger partial charge on any atom is 0.0935 e. The van der Waals surface area contributed by atoms with Crippen LogP contribution in [0.2, 0.25) is 0 Å². The van der Waals surface area contributed by atoms with E-state index in [1.165, 1.54) is 4.88 Å². The van der Waals surface area contributed by atoms with Gasteiger partial charge >= 0.3 is 0 Å². The number of furan rings is 1. The van der Waals surface area contributed by atoms with E-state index in [9.17, 15) is 0 Å². The van der Waals surface area contributed by atoms with Gasteiger partial charge in [0.1, 0.15) is 0 Å². The second-order valence-corrected chi connectivity index (χ2v) is 4.05. The molecule has 0 aromatic carbocycles. The lowest BCUT2D eigenvalue weighted by Gasteiger charge is -2.12. The minimum Gasteiger partial charge on any atom is -0.472 e. The van der Waals surface area contributed by atoms with Gasteiger partial charge in [-0.3, -0.25) is 11.3 Å². The first kappa shape index (κ1) is 9.45. The summed E-state index contributed by atoms with van der Waals surface area (Å²) in [4.78, 5) is 1.24. The maximum absolute atomic E-state index is 5.51. The zero-order valence-electron chi connectivity index (χ0n) is 7.64. The molecule has 0 aliphatic carbocycles. The minimum absolute atomic E-state index is 0.174. The SMILES string of the molecule is NNC(Cc1ccoc1)c1cccs1. The summed E-state index contributed by atoms with van der Waals surface area (Å²) in [5.74, 6) is 5.51. The standard InChI is InChI=1S/C10H12N2OS/c11-12-9(10-2-1-5-14-10)6-8-3-4-13-7-8/h1-5,7,9,12H,6,11H2. The Kier molecular flexibility index (Phi) is 2.98. The second kappa shape index (κ2) is 4.41. The summed E-state index contributed by atoms with van der Waals surface area (Å²) in [7, 11) is 0. The molecule has 2 aromatic heterocycles. The van der Waals surface area contributed by atoms with Crippen LogP contribution in [0.15, 0.2) is 40.5 Å². The Hall–Kier alpha value is -1.10. The first-order chi connectivity index (χ1) is 6.90. The molecule has 0 radical (unpaired) electrons. The van der Waals surface area contributed by atoms with Crippen molar-refractivity contribution in [3.05, 3.63) is 46.5 Å². The third-order valence-corrected chi connectivity index (χ3v) is 3.09. The number of hydrogen-bond acceptors (Lipinski definition) is 4. The Labute approximate surface area is 86.5 Å². The summed E-state index contributed by atoms with van der Waals surface area (Å²) in [6, 6.07) is 6.24. The van der Waals surface area contributed by atoms with Crippen LogP contribution in [0, 0.1) is 0 Å². The van der Waals surface area contributed by atoms with Crippen molar-refractivity contribution in [2.24, 2.45) is 5.84 Å². The van der Waals surface area contributed by atoms with E-state index in [0.29, 0.717) is 0 Å². The fourth-order valence-electron chi connectivity index (χ4n) is 1.38. The maximum atomic E-state index is 5.51. The van der Waals surface area contributed by atoms with E-state index in [1.807, 2.05) is 12.1 Å². The molecule has 0 spiro atoms. The van der Waals surface area contributed by atoms with Crippen molar-refractivity contribution < 1.29 is 4.42 Å². The van der Waals surface area contributed by atoms with Gasteiger partial charge in [-0.25, -0.2) is 0 Å². The lowest BCUT2D eigenvalue weighted by atomic mass is 10.1. The van der Waals surface area contributed by atoms with Gasteiger partial charge in [-0.05, 0) is 29.5 Å². The highest BCUT2D eigenvalue weighted by molar-refractivity contribution is 7.10. The highest BCUT2D eigenvalue weighted by Crippen LogP contribution is 2.22. The predicted octanol–water partition coefficient (Wildman–Crippen LogP) is 2.09. The van der Waals surface area contributed by atoms with Crippen LogP contribution in [0.3, 0.4) is 0 Å². The molecule has 2 aromatic rings. The van der Waals surface area contributed by atoms with Crippen molar-refractivity contribution in [2.75, 3.05) is 0 Å². The Morgan fingerprint density at radius 1 is 1.50 bits per heavy atom. The van der Waals surface area contributed by atoms with E-state index < -0.39 is 0 Å². The molecular weight excluding hydrogens is 196 g/mol. The van der Waals surface area contributed by atoms with E-state index in [-0.39, 0.29) is 6.04 Å². The van der Waals surface area contributed by atoms with E-state index in [4.69, 9.17) is 10.3 Å². The molecule has 3 nitrogen and oxygen atoms in total. The topological polar surface area (TPSA) is 51.2 Å². The van der Waals surface area contributed by atoms with Gasteiger partial charge in [-0.15, -0.1) is 11.3 Å². The van der Waals surface area contributed by atoms with Gasteiger partial charge in [0.15, 0.2) is 0 Å². The highest BCUT2D eigenvalue weighted by Gasteiger charge is 2.11. The molecule has 4 heteroatoms. The van der Waals surface area contributed by atoms with Crippen LogP contribution in [-0.2, 0) is 6.42 Å². The van der Waals surface area contributed by atoms with E-state index >= 15 is 0 Å². The molecule has 74 valence electrons. The minimum atomic E-state index is 0.174. The summed E-state index contributed by atoms with van der Waals surface area (Å²) in [5.41, 5.74) is 3.97. The molecule has 0 bridgehead atoms. The van der Waals surface area contributed by atoms with Crippen molar-refractivity contribution in [3.63, 3.8) is 0 Å². The average molecular weight is 208 g/mol. The fourth-order valence-corrected chi connectivity index (χ4v) is 2.16. The second-order valence-electron chi connectivity index (χ2n) is 3.07. The Balaban J connectivity index is 2.08. The molecule has 0 saturated heterocycles. The van der Waals surface area contributed by atoms with Crippen molar-refractivity contribution in [1.82, 2.24) is 5.43 Å². The molecule has 3 N–H and O–H groups in total. The van der Waals surface area contributed by atoms with Crippen LogP contribution in [0.1, 0.15) is 16.5 Å². The molecule has 14 heavy (non-hydrogen) atoms. The summed E-state index contributed by atoms with van der Waals surface area (Å²) in [5, 5.41) is 2.05. The molecule has 1 atom stereocenters. The zero-order valence-corrected chi connectivity index (χ0v) is 8.46. The fraction of sp³-hybridized carbons (Fsp3) is 0.200. The Bertz CT molecular complexity index is 355. The third-order valence-electron chi connectivity index (χ3n) is 2.11. The molecular formula is C10H12N2OS. The molecule has 0 amide bonds. The lowest BCUT2D eigenvalue weighted by molar-refractivity contribution is 0.541.